The number of aryl methyl sites for hydroxylation is 1. The number of H-pyrrole nitrogens is 1. The first-order chi connectivity index (χ1) is 8.66. The van der Waals surface area contributed by atoms with Crippen molar-refractivity contribution in [1.29, 1.82) is 0 Å². The molecule has 0 aliphatic rings. The molecule has 0 saturated heterocycles. The van der Waals surface area contributed by atoms with Crippen LogP contribution in [-0.2, 0) is 0 Å². The quantitative estimate of drug-likeness (QED) is 0.708. The molecule has 3 rings (SSSR count). The van der Waals surface area contributed by atoms with Gasteiger partial charge in [-0.2, -0.15) is 0 Å². The first kappa shape index (κ1) is 11.1. The van der Waals surface area contributed by atoms with Crippen LogP contribution in [0.3, 0.4) is 0 Å². The van der Waals surface area contributed by atoms with Gasteiger partial charge in [-0.1, -0.05) is 11.6 Å². The van der Waals surface area contributed by atoms with E-state index in [4.69, 9.17) is 16.0 Å². The van der Waals surface area contributed by atoms with Gasteiger partial charge >= 0.3 is 0 Å². The predicted molar refractivity (Wildman–Crippen MR) is 70.2 cm³/mol. The first-order valence-electron chi connectivity index (χ1n) is 5.52. The zero-order valence-corrected chi connectivity index (χ0v) is 10.4. The van der Waals surface area contributed by atoms with Crippen LogP contribution in [0.4, 0.5) is 0 Å². The number of benzene rings is 1. The number of fused-ring (bicyclic) bond motifs is 1. The molecule has 0 radical (unpaired) electrons. The maximum Gasteiger partial charge on any atom is 0.198 e. The van der Waals surface area contributed by atoms with Gasteiger partial charge in [-0.15, -0.1) is 0 Å². The van der Waals surface area contributed by atoms with E-state index in [9.17, 15) is 4.79 Å². The number of nitrogens with one attached hydrogen (secondary N) is 1. The Bertz CT molecular complexity index is 739. The van der Waals surface area contributed by atoms with Gasteiger partial charge in [-0.25, -0.2) is 0 Å². The second-order valence-corrected chi connectivity index (χ2v) is 4.55. The molecule has 90 valence electrons. The van der Waals surface area contributed by atoms with Crippen molar-refractivity contribution in [2.24, 2.45) is 0 Å². The molecule has 1 N–H and O–H groups in total. The maximum atomic E-state index is 12.4. The molecular formula is C14H10ClNO2. The molecule has 0 fully saturated rings. The van der Waals surface area contributed by atoms with Crippen LogP contribution in [-0.4, -0.2) is 10.8 Å². The number of aromatic amines is 1. The van der Waals surface area contributed by atoms with Crippen molar-refractivity contribution in [3.8, 4) is 0 Å². The molecule has 0 spiro atoms. The van der Waals surface area contributed by atoms with Gasteiger partial charge in [0.2, 0.25) is 0 Å². The zero-order chi connectivity index (χ0) is 12.7. The number of aromatic nitrogens is 1. The Kier molecular flexibility index (Phi) is 2.49. The van der Waals surface area contributed by atoms with Crippen LogP contribution in [0.15, 0.2) is 41.1 Å². The minimum Gasteiger partial charge on any atom is -0.469 e. The molecule has 18 heavy (non-hydrogen) atoms. The maximum absolute atomic E-state index is 12.4. The first-order valence-corrected chi connectivity index (χ1v) is 5.90. The predicted octanol–water partition coefficient (Wildman–Crippen LogP) is 3.95. The van der Waals surface area contributed by atoms with Crippen molar-refractivity contribution in [1.82, 2.24) is 4.98 Å². The Hall–Kier alpha value is -2.00. The van der Waals surface area contributed by atoms with E-state index >= 15 is 0 Å². The summed E-state index contributed by atoms with van der Waals surface area (Å²) in [6.07, 6.45) is 3.22. The summed E-state index contributed by atoms with van der Waals surface area (Å²) in [5.41, 5.74) is 2.08. The minimum atomic E-state index is -0.0604. The van der Waals surface area contributed by atoms with Gasteiger partial charge in [-0.05, 0) is 31.2 Å². The molecule has 0 bridgehead atoms. The zero-order valence-electron chi connectivity index (χ0n) is 9.66. The van der Waals surface area contributed by atoms with E-state index in [1.54, 1.807) is 31.3 Å². The Labute approximate surface area is 108 Å². The fourth-order valence-corrected chi connectivity index (χ4v) is 2.22. The lowest BCUT2D eigenvalue weighted by atomic mass is 10.0. The Morgan fingerprint density at radius 2 is 2.11 bits per heavy atom. The van der Waals surface area contributed by atoms with Crippen LogP contribution in [0, 0.1) is 6.92 Å². The lowest BCUT2D eigenvalue weighted by Crippen LogP contribution is -2.00. The summed E-state index contributed by atoms with van der Waals surface area (Å²) >= 11 is 5.96. The average Bonchev–Trinajstić information content (AvgIpc) is 2.94. The fraction of sp³-hybridized carbons (Fsp3) is 0.0714. The van der Waals surface area contributed by atoms with Gasteiger partial charge in [0.15, 0.2) is 5.78 Å². The van der Waals surface area contributed by atoms with E-state index in [-0.39, 0.29) is 5.78 Å². The van der Waals surface area contributed by atoms with Crippen molar-refractivity contribution in [3.05, 3.63) is 58.6 Å². The van der Waals surface area contributed by atoms with Gasteiger partial charge in [0, 0.05) is 27.7 Å². The number of ketones is 1. The average molecular weight is 260 g/mol. The number of halogens is 1. The fourth-order valence-electron chi connectivity index (χ4n) is 2.05. The number of rotatable bonds is 2. The topological polar surface area (TPSA) is 46.0 Å². The summed E-state index contributed by atoms with van der Waals surface area (Å²) in [6, 6.07) is 7.12. The molecule has 0 saturated carbocycles. The second-order valence-electron chi connectivity index (χ2n) is 4.11. The van der Waals surface area contributed by atoms with Gasteiger partial charge in [0.05, 0.1) is 11.8 Å². The minimum absolute atomic E-state index is 0.0604. The van der Waals surface area contributed by atoms with Crippen LogP contribution < -0.4 is 0 Å². The highest BCUT2D eigenvalue weighted by Crippen LogP contribution is 2.25. The third-order valence-electron chi connectivity index (χ3n) is 2.99. The normalized spacial score (nSPS) is 11.0. The van der Waals surface area contributed by atoms with Gasteiger partial charge in [0.1, 0.15) is 5.76 Å². The molecule has 0 atom stereocenters. The number of hydrogen-bond donors (Lipinski definition) is 1. The smallest absolute Gasteiger partial charge is 0.198 e. The second kappa shape index (κ2) is 4.03. The summed E-state index contributed by atoms with van der Waals surface area (Å²) in [6.45, 7) is 1.77. The molecule has 3 aromatic rings. The van der Waals surface area contributed by atoms with Crippen LogP contribution in [0.25, 0.3) is 10.9 Å². The lowest BCUT2D eigenvalue weighted by molar-refractivity contribution is 0.103. The highest BCUT2D eigenvalue weighted by Gasteiger charge is 2.17. The van der Waals surface area contributed by atoms with Gasteiger partial charge in [-0.3, -0.25) is 4.79 Å². The van der Waals surface area contributed by atoms with Crippen LogP contribution >= 0.6 is 11.6 Å². The standard InChI is InChI=1S/C14H10ClNO2/c1-8-10(4-5-18-8)14(17)12-7-16-13-3-2-9(15)6-11(12)13/h2-7,16H,1H3. The van der Waals surface area contributed by atoms with E-state index in [0.717, 1.165) is 10.9 Å². The summed E-state index contributed by atoms with van der Waals surface area (Å²) in [7, 11) is 0. The summed E-state index contributed by atoms with van der Waals surface area (Å²) in [5.74, 6) is 0.561. The monoisotopic (exact) mass is 259 g/mol. The van der Waals surface area contributed by atoms with Crippen molar-refractivity contribution >= 4 is 28.3 Å². The van der Waals surface area contributed by atoms with E-state index in [0.29, 0.717) is 21.9 Å². The van der Waals surface area contributed by atoms with Crippen molar-refractivity contribution < 1.29 is 9.21 Å². The Morgan fingerprint density at radius 3 is 2.83 bits per heavy atom. The van der Waals surface area contributed by atoms with Crippen molar-refractivity contribution in [3.63, 3.8) is 0 Å². The summed E-state index contributed by atoms with van der Waals surface area (Å²) in [5, 5.41) is 1.44. The van der Waals surface area contributed by atoms with Crippen LogP contribution in [0.5, 0.6) is 0 Å². The molecule has 3 nitrogen and oxygen atoms in total. The van der Waals surface area contributed by atoms with E-state index in [1.807, 2.05) is 6.07 Å². The summed E-state index contributed by atoms with van der Waals surface area (Å²) in [4.78, 5) is 15.5. The Balaban J connectivity index is 2.18. The third kappa shape index (κ3) is 1.64. The van der Waals surface area contributed by atoms with Crippen LogP contribution in [0.2, 0.25) is 5.02 Å². The molecule has 2 heterocycles. The SMILES string of the molecule is Cc1occc1C(=O)c1c[nH]c2ccc(Cl)cc12. The number of carbonyl (C=O) groups is 1. The number of furan rings is 1. The molecule has 0 aliphatic carbocycles. The van der Waals surface area contributed by atoms with Gasteiger partial charge in [0.25, 0.3) is 0 Å². The molecule has 2 aromatic heterocycles. The van der Waals surface area contributed by atoms with Crippen molar-refractivity contribution in [2.45, 2.75) is 6.92 Å². The molecule has 1 aromatic carbocycles. The molecule has 0 aliphatic heterocycles. The molecule has 0 amide bonds. The van der Waals surface area contributed by atoms with E-state index < -0.39 is 0 Å². The lowest BCUT2D eigenvalue weighted by Gasteiger charge is -1.98. The van der Waals surface area contributed by atoms with E-state index in [1.165, 1.54) is 6.26 Å². The largest absolute Gasteiger partial charge is 0.469 e. The van der Waals surface area contributed by atoms with Crippen molar-refractivity contribution in [2.75, 3.05) is 0 Å². The van der Waals surface area contributed by atoms with E-state index in [2.05, 4.69) is 4.98 Å². The number of hydrogen-bond acceptors (Lipinski definition) is 2. The number of carbonyl (C=O) groups excluding carboxylic acids is 1. The highest BCUT2D eigenvalue weighted by atomic mass is 35.5. The van der Waals surface area contributed by atoms with Crippen LogP contribution in [0.1, 0.15) is 21.7 Å². The van der Waals surface area contributed by atoms with Gasteiger partial charge < -0.3 is 9.40 Å². The molecule has 0 unspecified atom stereocenters. The molecular weight excluding hydrogens is 250 g/mol. The Morgan fingerprint density at radius 1 is 1.28 bits per heavy atom. The third-order valence-corrected chi connectivity index (χ3v) is 3.23. The summed E-state index contributed by atoms with van der Waals surface area (Å²) < 4.78 is 5.16. The highest BCUT2D eigenvalue weighted by molar-refractivity contribution is 6.31. The molecule has 4 heteroatoms.